The molecule has 6 heteroatoms. The van der Waals surface area contributed by atoms with Gasteiger partial charge in [-0.2, -0.15) is 0 Å². The monoisotopic (exact) mass is 291 g/mol. The van der Waals surface area contributed by atoms with E-state index in [0.717, 1.165) is 36.1 Å². The molecule has 1 aliphatic carbocycles. The summed E-state index contributed by atoms with van der Waals surface area (Å²) in [6, 6.07) is -0.946. The van der Waals surface area contributed by atoms with Gasteiger partial charge in [-0.25, -0.2) is 4.98 Å². The van der Waals surface area contributed by atoms with Gasteiger partial charge >= 0.3 is 0 Å². The molecule has 0 N–H and O–H groups in total. The molecule has 0 saturated carbocycles. The normalized spacial score (nSPS) is 16.1. The molecular formula is C14H15N2O3S-. The highest BCUT2D eigenvalue weighted by Gasteiger charge is 2.21. The number of aromatic nitrogens is 2. The Kier molecular flexibility index (Phi) is 3.33. The fraction of sp³-hybridized carbons (Fsp3) is 0.500. The van der Waals surface area contributed by atoms with Crippen molar-refractivity contribution in [1.29, 1.82) is 0 Å². The Morgan fingerprint density at radius 1 is 1.50 bits per heavy atom. The number of aliphatic carboxylic acids is 1. The first kappa shape index (κ1) is 13.3. The van der Waals surface area contributed by atoms with Crippen molar-refractivity contribution >= 4 is 27.5 Å². The standard InChI is InChI=1S/C14H16N2O3S/c1-2-9(14(18)19)16-7-15-12-11(13(16)17)8-5-3-4-6-10(8)20-12/h7,9H,2-6H2,1H3,(H,18,19)/p-1. The van der Waals surface area contributed by atoms with E-state index in [-0.39, 0.29) is 5.56 Å². The molecule has 0 bridgehead atoms. The first-order chi connectivity index (χ1) is 9.63. The fourth-order valence-electron chi connectivity index (χ4n) is 2.86. The Labute approximate surface area is 119 Å². The molecule has 0 aromatic carbocycles. The van der Waals surface area contributed by atoms with Crippen LogP contribution in [-0.2, 0) is 17.6 Å². The summed E-state index contributed by atoms with van der Waals surface area (Å²) in [4.78, 5) is 30.0. The second-order valence-corrected chi connectivity index (χ2v) is 6.17. The number of hydrogen-bond acceptors (Lipinski definition) is 5. The van der Waals surface area contributed by atoms with Crippen LogP contribution in [0.4, 0.5) is 0 Å². The summed E-state index contributed by atoms with van der Waals surface area (Å²) in [5.41, 5.74) is 0.835. The molecule has 20 heavy (non-hydrogen) atoms. The van der Waals surface area contributed by atoms with Crippen molar-refractivity contribution in [3.05, 3.63) is 27.1 Å². The minimum absolute atomic E-state index is 0.245. The number of carboxylic acid groups (broad SMARTS) is 1. The quantitative estimate of drug-likeness (QED) is 0.846. The van der Waals surface area contributed by atoms with Crippen molar-refractivity contribution in [3.63, 3.8) is 0 Å². The molecule has 0 radical (unpaired) electrons. The Morgan fingerprint density at radius 3 is 2.95 bits per heavy atom. The number of rotatable bonds is 3. The zero-order valence-electron chi connectivity index (χ0n) is 11.2. The lowest BCUT2D eigenvalue weighted by atomic mass is 9.97. The van der Waals surface area contributed by atoms with E-state index in [4.69, 9.17) is 0 Å². The molecule has 0 amide bonds. The summed E-state index contributed by atoms with van der Waals surface area (Å²) in [5.74, 6) is -1.24. The van der Waals surface area contributed by atoms with Crippen molar-refractivity contribution in [2.24, 2.45) is 0 Å². The zero-order valence-corrected chi connectivity index (χ0v) is 12.0. The second kappa shape index (κ2) is 5.01. The van der Waals surface area contributed by atoms with Gasteiger partial charge in [0.1, 0.15) is 4.83 Å². The highest BCUT2D eigenvalue weighted by molar-refractivity contribution is 7.18. The molecule has 0 aliphatic heterocycles. The summed E-state index contributed by atoms with van der Waals surface area (Å²) < 4.78 is 1.21. The van der Waals surface area contributed by atoms with Gasteiger partial charge in [0.15, 0.2) is 0 Å². The van der Waals surface area contributed by atoms with Gasteiger partial charge in [-0.15, -0.1) is 11.3 Å². The molecule has 0 spiro atoms. The van der Waals surface area contributed by atoms with Crippen LogP contribution in [0.2, 0.25) is 0 Å². The molecular weight excluding hydrogens is 276 g/mol. The number of thiophene rings is 1. The van der Waals surface area contributed by atoms with E-state index in [0.29, 0.717) is 11.8 Å². The molecule has 106 valence electrons. The van der Waals surface area contributed by atoms with Crippen LogP contribution in [0.15, 0.2) is 11.1 Å². The Hall–Kier alpha value is -1.69. The van der Waals surface area contributed by atoms with E-state index >= 15 is 0 Å². The molecule has 3 rings (SSSR count). The van der Waals surface area contributed by atoms with Crippen molar-refractivity contribution in [2.75, 3.05) is 0 Å². The van der Waals surface area contributed by atoms with Gasteiger partial charge in [0.25, 0.3) is 5.56 Å². The van der Waals surface area contributed by atoms with E-state index in [2.05, 4.69) is 4.98 Å². The van der Waals surface area contributed by atoms with Gasteiger partial charge in [0.05, 0.1) is 23.7 Å². The van der Waals surface area contributed by atoms with E-state index < -0.39 is 12.0 Å². The summed E-state index contributed by atoms with van der Waals surface area (Å²) in [7, 11) is 0. The minimum atomic E-state index is -1.24. The van der Waals surface area contributed by atoms with Crippen LogP contribution in [-0.4, -0.2) is 15.5 Å². The summed E-state index contributed by atoms with van der Waals surface area (Å²) in [6.45, 7) is 1.72. The molecule has 2 heterocycles. The van der Waals surface area contributed by atoms with E-state index in [1.165, 1.54) is 15.8 Å². The van der Waals surface area contributed by atoms with Crippen molar-refractivity contribution in [2.45, 2.75) is 45.1 Å². The maximum atomic E-state index is 12.6. The van der Waals surface area contributed by atoms with Crippen molar-refractivity contribution in [1.82, 2.24) is 9.55 Å². The van der Waals surface area contributed by atoms with E-state index in [9.17, 15) is 14.7 Å². The lowest BCUT2D eigenvalue weighted by Crippen LogP contribution is -2.38. The number of nitrogens with zero attached hydrogens (tertiary/aromatic N) is 2. The number of carboxylic acids is 1. The van der Waals surface area contributed by atoms with Crippen LogP contribution in [0, 0.1) is 0 Å². The van der Waals surface area contributed by atoms with Gasteiger partial charge in [-0.3, -0.25) is 9.36 Å². The summed E-state index contributed by atoms with van der Waals surface area (Å²) >= 11 is 1.56. The molecule has 5 nitrogen and oxygen atoms in total. The average Bonchev–Trinajstić information content (AvgIpc) is 2.81. The van der Waals surface area contributed by atoms with Crippen LogP contribution in [0.5, 0.6) is 0 Å². The molecule has 0 fully saturated rings. The molecule has 2 aromatic rings. The van der Waals surface area contributed by atoms with Gasteiger partial charge in [0, 0.05) is 4.88 Å². The minimum Gasteiger partial charge on any atom is -0.548 e. The second-order valence-electron chi connectivity index (χ2n) is 5.09. The highest BCUT2D eigenvalue weighted by Crippen LogP contribution is 2.33. The molecule has 1 atom stereocenters. The Balaban J connectivity index is 2.24. The third-order valence-corrected chi connectivity index (χ3v) is 5.09. The fourth-order valence-corrected chi connectivity index (χ4v) is 4.08. The number of hydrogen-bond donors (Lipinski definition) is 0. The molecule has 1 unspecified atom stereocenters. The lowest BCUT2D eigenvalue weighted by Gasteiger charge is -2.18. The number of fused-ring (bicyclic) bond motifs is 3. The third-order valence-electron chi connectivity index (χ3n) is 3.90. The van der Waals surface area contributed by atoms with Crippen molar-refractivity contribution in [3.8, 4) is 0 Å². The van der Waals surface area contributed by atoms with Gasteiger partial charge < -0.3 is 9.90 Å². The SMILES string of the molecule is CCC(C(=O)[O-])n1cnc2sc3c(c2c1=O)CCCC3. The predicted molar refractivity (Wildman–Crippen MR) is 74.9 cm³/mol. The first-order valence-corrected chi connectivity index (χ1v) is 7.67. The van der Waals surface area contributed by atoms with E-state index in [1.807, 2.05) is 0 Å². The van der Waals surface area contributed by atoms with Gasteiger partial charge in [0.2, 0.25) is 0 Å². The van der Waals surface area contributed by atoms with Crippen molar-refractivity contribution < 1.29 is 9.90 Å². The van der Waals surface area contributed by atoms with E-state index in [1.54, 1.807) is 18.3 Å². The smallest absolute Gasteiger partial charge is 0.262 e. The van der Waals surface area contributed by atoms with Crippen LogP contribution < -0.4 is 10.7 Å². The summed E-state index contributed by atoms with van der Waals surface area (Å²) in [5, 5.41) is 11.8. The first-order valence-electron chi connectivity index (χ1n) is 6.85. The summed E-state index contributed by atoms with van der Waals surface area (Å²) in [6.07, 6.45) is 5.75. The molecule has 2 aromatic heterocycles. The maximum Gasteiger partial charge on any atom is 0.262 e. The zero-order chi connectivity index (χ0) is 14.3. The van der Waals surface area contributed by atoms with Crippen LogP contribution >= 0.6 is 11.3 Å². The lowest BCUT2D eigenvalue weighted by molar-refractivity contribution is -0.310. The van der Waals surface area contributed by atoms with Crippen LogP contribution in [0.25, 0.3) is 10.2 Å². The highest BCUT2D eigenvalue weighted by atomic mass is 32.1. The Morgan fingerprint density at radius 2 is 2.25 bits per heavy atom. The molecule has 1 aliphatic rings. The van der Waals surface area contributed by atoms with Gasteiger partial charge in [-0.1, -0.05) is 6.92 Å². The number of carbonyl (C=O) groups is 1. The topological polar surface area (TPSA) is 75.0 Å². The predicted octanol–water partition coefficient (Wildman–Crippen LogP) is 1.04. The van der Waals surface area contributed by atoms with Crippen LogP contribution in [0.1, 0.15) is 42.7 Å². The average molecular weight is 291 g/mol. The number of aryl methyl sites for hydroxylation is 2. The molecule has 0 saturated heterocycles. The van der Waals surface area contributed by atoms with Gasteiger partial charge in [-0.05, 0) is 37.7 Å². The maximum absolute atomic E-state index is 12.6. The number of carbonyl (C=O) groups excluding carboxylic acids is 1. The third kappa shape index (κ3) is 1.95. The van der Waals surface area contributed by atoms with Crippen LogP contribution in [0.3, 0.4) is 0 Å². The Bertz CT molecular complexity index is 732. The largest absolute Gasteiger partial charge is 0.548 e.